The molecule has 0 aromatic carbocycles. The van der Waals surface area contributed by atoms with Crippen LogP contribution in [-0.2, 0) is 15.8 Å². The molecule has 0 saturated heterocycles. The average molecular weight is 242 g/mol. The Morgan fingerprint density at radius 3 is 2.88 bits per heavy atom. The molecule has 1 heterocycles. The molecule has 1 aromatic rings. The van der Waals surface area contributed by atoms with Gasteiger partial charge < -0.3 is 4.52 Å². The number of rotatable bonds is 5. The molecule has 1 rings (SSSR count). The van der Waals surface area contributed by atoms with Crippen LogP contribution in [0.4, 0.5) is 0 Å². The van der Waals surface area contributed by atoms with Gasteiger partial charge in [0.25, 0.3) is 0 Å². The lowest BCUT2D eigenvalue weighted by molar-refractivity contribution is 0.392. The van der Waals surface area contributed by atoms with Crippen molar-refractivity contribution in [3.63, 3.8) is 0 Å². The highest BCUT2D eigenvalue weighted by Crippen LogP contribution is 2.06. The van der Waals surface area contributed by atoms with Crippen molar-refractivity contribution in [3.05, 3.63) is 17.5 Å². The van der Waals surface area contributed by atoms with Crippen molar-refractivity contribution < 1.29 is 12.9 Å². The monoisotopic (exact) mass is 242 g/mol. The normalized spacial score (nSPS) is 13.3. The van der Waals surface area contributed by atoms with Crippen LogP contribution >= 0.6 is 0 Å². The van der Waals surface area contributed by atoms with Crippen LogP contribution in [0.3, 0.4) is 0 Å². The predicted octanol–water partition coefficient (Wildman–Crippen LogP) is 0.814. The number of sulfonamides is 1. The summed E-state index contributed by atoms with van der Waals surface area (Å²) in [4.78, 5) is 0. The fourth-order valence-corrected chi connectivity index (χ4v) is 2.55. The Labute approximate surface area is 95.3 Å². The second kappa shape index (κ2) is 5.14. The highest BCUT2D eigenvalue weighted by Gasteiger charge is 2.16. The lowest BCUT2D eigenvalue weighted by Crippen LogP contribution is -2.33. The first-order valence-electron chi connectivity index (χ1n) is 4.78. The van der Waals surface area contributed by atoms with E-state index < -0.39 is 10.0 Å². The third-order valence-electron chi connectivity index (χ3n) is 1.82. The number of hydrogen-bond acceptors (Lipinski definition) is 4. The molecule has 1 aromatic heterocycles. The van der Waals surface area contributed by atoms with Gasteiger partial charge in [-0.25, -0.2) is 13.1 Å². The Hall–Kier alpha value is -1.32. The van der Waals surface area contributed by atoms with Crippen LogP contribution in [0.15, 0.2) is 10.6 Å². The Balaban J connectivity index is 2.62. The molecule has 16 heavy (non-hydrogen) atoms. The maximum Gasteiger partial charge on any atom is 0.217 e. The highest BCUT2D eigenvalue weighted by atomic mass is 32.2. The van der Waals surface area contributed by atoms with E-state index in [4.69, 9.17) is 10.9 Å². The molecule has 0 aliphatic rings. The molecule has 0 aliphatic heterocycles. The minimum atomic E-state index is -3.41. The van der Waals surface area contributed by atoms with Gasteiger partial charge in [-0.05, 0) is 13.8 Å². The zero-order valence-electron chi connectivity index (χ0n) is 9.23. The van der Waals surface area contributed by atoms with Crippen molar-refractivity contribution >= 4 is 10.0 Å². The van der Waals surface area contributed by atoms with Gasteiger partial charge >= 0.3 is 0 Å². The standard InChI is InChI=1S/C10H14N2O3S/c1-4-5-8(2)12-16(13,14)7-10-6-9(3)15-11-10/h1,6,8,12H,5,7H2,2-3H3. The molecule has 1 N–H and O–H groups in total. The SMILES string of the molecule is C#CCC(C)NS(=O)(=O)Cc1cc(C)on1. The van der Waals surface area contributed by atoms with E-state index in [2.05, 4.69) is 15.8 Å². The summed E-state index contributed by atoms with van der Waals surface area (Å²) in [5.41, 5.74) is 0.387. The van der Waals surface area contributed by atoms with E-state index in [-0.39, 0.29) is 11.8 Å². The van der Waals surface area contributed by atoms with Gasteiger partial charge in [0.2, 0.25) is 10.0 Å². The molecular weight excluding hydrogens is 228 g/mol. The number of nitrogens with one attached hydrogen (secondary N) is 1. The van der Waals surface area contributed by atoms with Gasteiger partial charge in [-0.3, -0.25) is 0 Å². The van der Waals surface area contributed by atoms with Crippen molar-refractivity contribution in [2.24, 2.45) is 0 Å². The van der Waals surface area contributed by atoms with E-state index in [1.165, 1.54) is 0 Å². The molecule has 0 saturated carbocycles. The van der Waals surface area contributed by atoms with Crippen LogP contribution in [0.2, 0.25) is 0 Å². The smallest absolute Gasteiger partial charge is 0.217 e. The van der Waals surface area contributed by atoms with Crippen molar-refractivity contribution in [2.75, 3.05) is 0 Å². The molecule has 88 valence electrons. The van der Waals surface area contributed by atoms with Crippen molar-refractivity contribution in [1.82, 2.24) is 9.88 Å². The summed E-state index contributed by atoms with van der Waals surface area (Å²) in [7, 11) is -3.41. The van der Waals surface area contributed by atoms with Gasteiger partial charge in [-0.15, -0.1) is 12.3 Å². The lowest BCUT2D eigenvalue weighted by atomic mass is 10.3. The second-order valence-electron chi connectivity index (χ2n) is 3.62. The molecule has 6 heteroatoms. The van der Waals surface area contributed by atoms with Gasteiger partial charge in [0.1, 0.15) is 17.2 Å². The molecular formula is C10H14N2O3S. The minimum Gasteiger partial charge on any atom is -0.361 e. The third kappa shape index (κ3) is 4.04. The number of terminal acetylenes is 1. The molecule has 0 fully saturated rings. The molecule has 0 spiro atoms. The van der Waals surface area contributed by atoms with Gasteiger partial charge in [0, 0.05) is 18.5 Å². The van der Waals surface area contributed by atoms with Gasteiger partial charge in [0.05, 0.1) is 0 Å². The van der Waals surface area contributed by atoms with E-state index >= 15 is 0 Å². The summed E-state index contributed by atoms with van der Waals surface area (Å²) in [5, 5.41) is 3.62. The Morgan fingerprint density at radius 2 is 2.38 bits per heavy atom. The van der Waals surface area contributed by atoms with Crippen LogP contribution in [0.1, 0.15) is 24.8 Å². The van der Waals surface area contributed by atoms with Crippen LogP contribution in [0.5, 0.6) is 0 Å². The summed E-state index contributed by atoms with van der Waals surface area (Å²) in [6, 6.07) is 1.31. The molecule has 0 radical (unpaired) electrons. The zero-order valence-corrected chi connectivity index (χ0v) is 10.0. The maximum absolute atomic E-state index is 11.6. The van der Waals surface area contributed by atoms with Gasteiger partial charge in [0.15, 0.2) is 0 Å². The van der Waals surface area contributed by atoms with Gasteiger partial charge in [-0.1, -0.05) is 5.16 Å². The van der Waals surface area contributed by atoms with E-state index in [1.54, 1.807) is 19.9 Å². The predicted molar refractivity (Wildman–Crippen MR) is 59.9 cm³/mol. The summed E-state index contributed by atoms with van der Waals surface area (Å²) >= 11 is 0. The summed E-state index contributed by atoms with van der Waals surface area (Å²) in [6.45, 7) is 3.42. The quantitative estimate of drug-likeness (QED) is 0.776. The first-order valence-corrected chi connectivity index (χ1v) is 6.44. The van der Waals surface area contributed by atoms with Crippen LogP contribution in [0, 0.1) is 19.3 Å². The first kappa shape index (κ1) is 12.7. The van der Waals surface area contributed by atoms with E-state index in [1.807, 2.05) is 0 Å². The molecule has 0 amide bonds. The fourth-order valence-electron chi connectivity index (χ4n) is 1.25. The topological polar surface area (TPSA) is 72.2 Å². The lowest BCUT2D eigenvalue weighted by Gasteiger charge is -2.10. The van der Waals surface area contributed by atoms with E-state index in [0.717, 1.165) is 0 Å². The Morgan fingerprint density at radius 1 is 1.69 bits per heavy atom. The van der Waals surface area contributed by atoms with Crippen molar-refractivity contribution in [2.45, 2.75) is 32.1 Å². The zero-order chi connectivity index (χ0) is 12.2. The van der Waals surface area contributed by atoms with Crippen molar-refractivity contribution in [3.8, 4) is 12.3 Å². The number of nitrogens with zero attached hydrogens (tertiary/aromatic N) is 1. The highest BCUT2D eigenvalue weighted by molar-refractivity contribution is 7.88. The first-order chi connectivity index (χ1) is 7.43. The third-order valence-corrected chi connectivity index (χ3v) is 3.26. The van der Waals surface area contributed by atoms with Crippen LogP contribution in [0.25, 0.3) is 0 Å². The minimum absolute atomic E-state index is 0.195. The van der Waals surface area contributed by atoms with Crippen molar-refractivity contribution in [1.29, 1.82) is 0 Å². The average Bonchev–Trinajstić information content (AvgIpc) is 2.49. The second-order valence-corrected chi connectivity index (χ2v) is 5.37. The fraction of sp³-hybridized carbons (Fsp3) is 0.500. The maximum atomic E-state index is 11.6. The van der Waals surface area contributed by atoms with Gasteiger partial charge in [-0.2, -0.15) is 0 Å². The summed E-state index contributed by atoms with van der Waals surface area (Å²) in [5.74, 6) is 2.79. The summed E-state index contributed by atoms with van der Waals surface area (Å²) < 4.78 is 30.5. The van der Waals surface area contributed by atoms with E-state index in [0.29, 0.717) is 17.9 Å². The summed E-state index contributed by atoms with van der Waals surface area (Å²) in [6.07, 6.45) is 5.45. The van der Waals surface area contributed by atoms with Crippen LogP contribution in [-0.4, -0.2) is 19.6 Å². The number of hydrogen-bond donors (Lipinski definition) is 1. The van der Waals surface area contributed by atoms with E-state index in [9.17, 15) is 8.42 Å². The largest absolute Gasteiger partial charge is 0.361 e. The Kier molecular flexibility index (Phi) is 4.10. The molecule has 1 atom stereocenters. The molecule has 1 unspecified atom stereocenters. The van der Waals surface area contributed by atoms with Crippen LogP contribution < -0.4 is 4.72 Å². The molecule has 0 aliphatic carbocycles. The number of aryl methyl sites for hydroxylation is 1. The molecule has 5 nitrogen and oxygen atoms in total. The Bertz CT molecular complexity index is 484. The molecule has 0 bridgehead atoms. The number of aromatic nitrogens is 1.